The molecule has 1 rings (SSSR count). The number of rotatable bonds is 12. The van der Waals surface area contributed by atoms with Gasteiger partial charge in [0.25, 0.3) is 5.91 Å². The summed E-state index contributed by atoms with van der Waals surface area (Å²) in [6.45, 7) is 2.58. The lowest BCUT2D eigenvalue weighted by Crippen LogP contribution is -2.37. The number of benzene rings is 1. The highest BCUT2D eigenvalue weighted by atomic mass is 19.3. The van der Waals surface area contributed by atoms with E-state index in [0.29, 0.717) is 32.1 Å². The number of carbonyl (C=O) groups excluding carboxylic acids is 2. The van der Waals surface area contributed by atoms with Gasteiger partial charge in [-0.05, 0) is 30.5 Å². The van der Waals surface area contributed by atoms with E-state index in [1.165, 1.54) is 25.3 Å². The number of hydrogen-bond acceptors (Lipinski definition) is 5. The van der Waals surface area contributed by atoms with Crippen LogP contribution >= 0.6 is 0 Å². The average Bonchev–Trinajstić information content (AvgIpc) is 2.62. The topological polar surface area (TPSA) is 85.9 Å². The third-order valence-corrected chi connectivity index (χ3v) is 3.29. The van der Waals surface area contributed by atoms with E-state index in [1.54, 1.807) is 0 Å². The van der Waals surface area contributed by atoms with Crippen LogP contribution in [0.3, 0.4) is 0 Å². The van der Waals surface area contributed by atoms with Crippen molar-refractivity contribution < 1.29 is 32.6 Å². The molecule has 27 heavy (non-hydrogen) atoms. The summed E-state index contributed by atoms with van der Waals surface area (Å²) in [4.78, 5) is 23.8. The summed E-state index contributed by atoms with van der Waals surface area (Å²) in [7, 11) is 1.27. The molecule has 0 saturated carbocycles. The minimum Gasteiger partial charge on any atom is -0.493 e. The molecule has 2 N–H and O–H groups in total. The van der Waals surface area contributed by atoms with E-state index in [0.717, 1.165) is 0 Å². The van der Waals surface area contributed by atoms with Crippen molar-refractivity contribution in [3.63, 3.8) is 0 Å². The van der Waals surface area contributed by atoms with Crippen molar-refractivity contribution in [3.05, 3.63) is 23.8 Å². The number of alkyl halides is 2. The molecule has 0 aliphatic heterocycles. The summed E-state index contributed by atoms with van der Waals surface area (Å²) in [5.74, 6) is -0.594. The maximum atomic E-state index is 12.3. The average molecular weight is 388 g/mol. The van der Waals surface area contributed by atoms with Gasteiger partial charge in [0.1, 0.15) is 0 Å². The maximum Gasteiger partial charge on any atom is 0.387 e. The zero-order chi connectivity index (χ0) is 20.2. The van der Waals surface area contributed by atoms with Crippen LogP contribution in [-0.2, 0) is 9.53 Å². The van der Waals surface area contributed by atoms with Crippen LogP contribution in [0.1, 0.15) is 30.6 Å². The monoisotopic (exact) mass is 388 g/mol. The molecule has 7 nitrogen and oxygen atoms in total. The third-order valence-electron chi connectivity index (χ3n) is 3.29. The van der Waals surface area contributed by atoms with Gasteiger partial charge in [0, 0.05) is 25.3 Å². The first-order valence-corrected chi connectivity index (χ1v) is 8.59. The second-order valence-corrected chi connectivity index (χ2v) is 6.10. The number of ether oxygens (including phenoxy) is 3. The lowest BCUT2D eigenvalue weighted by Gasteiger charge is -2.12. The Labute approximate surface area is 157 Å². The van der Waals surface area contributed by atoms with Gasteiger partial charge in [-0.1, -0.05) is 13.8 Å². The van der Waals surface area contributed by atoms with Gasteiger partial charge in [0.2, 0.25) is 5.91 Å². The normalized spacial score (nSPS) is 10.8. The predicted octanol–water partition coefficient (Wildman–Crippen LogP) is 2.21. The number of methoxy groups -OCH3 is 1. The molecule has 0 spiro atoms. The first-order chi connectivity index (χ1) is 12.8. The quantitative estimate of drug-likeness (QED) is 0.536. The number of carbonyl (C=O) groups is 2. The Morgan fingerprint density at radius 2 is 1.89 bits per heavy atom. The SMILES string of the molecule is COc1cc(C(=O)NCC(=O)NCCCOCC(C)C)ccc1OC(F)F. The van der Waals surface area contributed by atoms with E-state index < -0.39 is 12.5 Å². The molecule has 0 aromatic heterocycles. The van der Waals surface area contributed by atoms with E-state index in [-0.39, 0.29) is 29.5 Å². The molecule has 0 unspecified atom stereocenters. The third kappa shape index (κ3) is 9.18. The molecule has 2 amide bonds. The van der Waals surface area contributed by atoms with Crippen LogP contribution in [0.25, 0.3) is 0 Å². The Kier molecular flexibility index (Phi) is 10.1. The van der Waals surface area contributed by atoms with E-state index in [9.17, 15) is 18.4 Å². The summed E-state index contributed by atoms with van der Waals surface area (Å²) in [5.41, 5.74) is 0.156. The van der Waals surface area contributed by atoms with Gasteiger partial charge in [-0.2, -0.15) is 8.78 Å². The number of hydrogen-bond donors (Lipinski definition) is 2. The fraction of sp³-hybridized carbons (Fsp3) is 0.556. The number of amides is 2. The predicted molar refractivity (Wildman–Crippen MR) is 95.2 cm³/mol. The summed E-state index contributed by atoms with van der Waals surface area (Å²) in [6, 6.07) is 3.77. The second-order valence-electron chi connectivity index (χ2n) is 6.10. The summed E-state index contributed by atoms with van der Waals surface area (Å²) in [5, 5.41) is 5.12. The molecule has 0 bridgehead atoms. The zero-order valence-electron chi connectivity index (χ0n) is 15.7. The fourth-order valence-corrected chi connectivity index (χ4v) is 2.05. The highest BCUT2D eigenvalue weighted by Gasteiger charge is 2.14. The van der Waals surface area contributed by atoms with Crippen molar-refractivity contribution in [3.8, 4) is 11.5 Å². The van der Waals surface area contributed by atoms with Crippen molar-refractivity contribution in [1.82, 2.24) is 10.6 Å². The minimum absolute atomic E-state index is 0.00574. The van der Waals surface area contributed by atoms with Crippen LogP contribution in [0.4, 0.5) is 8.78 Å². The molecule has 0 aliphatic rings. The molecular weight excluding hydrogens is 362 g/mol. The lowest BCUT2D eigenvalue weighted by atomic mass is 10.2. The molecule has 0 aliphatic carbocycles. The van der Waals surface area contributed by atoms with Crippen molar-refractivity contribution in [2.24, 2.45) is 5.92 Å². The standard InChI is InChI=1S/C18H26F2N2O5/c1-12(2)11-26-8-4-7-21-16(23)10-22-17(24)13-5-6-14(27-18(19)20)15(9-13)25-3/h5-6,9,12,18H,4,7-8,10-11H2,1-3H3,(H,21,23)(H,22,24). The molecule has 0 saturated heterocycles. The zero-order valence-corrected chi connectivity index (χ0v) is 15.7. The summed E-state index contributed by atoms with van der Waals surface area (Å²) in [6.07, 6.45) is 0.676. The van der Waals surface area contributed by atoms with Crippen LogP contribution in [0.15, 0.2) is 18.2 Å². The van der Waals surface area contributed by atoms with Gasteiger partial charge in [-0.25, -0.2) is 0 Å². The molecule has 9 heteroatoms. The molecular formula is C18H26F2N2O5. The van der Waals surface area contributed by atoms with Crippen LogP contribution in [-0.4, -0.2) is 51.8 Å². The molecule has 0 atom stereocenters. The highest BCUT2D eigenvalue weighted by molar-refractivity contribution is 5.97. The molecule has 0 heterocycles. The Hall–Kier alpha value is -2.42. The number of nitrogens with one attached hydrogen (secondary N) is 2. The van der Waals surface area contributed by atoms with Crippen LogP contribution < -0.4 is 20.1 Å². The Morgan fingerprint density at radius 1 is 1.15 bits per heavy atom. The van der Waals surface area contributed by atoms with Crippen LogP contribution in [0, 0.1) is 5.92 Å². The molecule has 0 fully saturated rings. The lowest BCUT2D eigenvalue weighted by molar-refractivity contribution is -0.120. The second kappa shape index (κ2) is 12.1. The largest absolute Gasteiger partial charge is 0.493 e. The first-order valence-electron chi connectivity index (χ1n) is 8.59. The summed E-state index contributed by atoms with van der Waals surface area (Å²) >= 11 is 0. The Morgan fingerprint density at radius 3 is 2.52 bits per heavy atom. The molecule has 0 radical (unpaired) electrons. The van der Waals surface area contributed by atoms with E-state index >= 15 is 0 Å². The van der Waals surface area contributed by atoms with Crippen molar-refractivity contribution in [2.45, 2.75) is 26.9 Å². The van der Waals surface area contributed by atoms with Gasteiger partial charge >= 0.3 is 6.61 Å². The van der Waals surface area contributed by atoms with E-state index in [1.807, 2.05) is 0 Å². The highest BCUT2D eigenvalue weighted by Crippen LogP contribution is 2.29. The molecule has 1 aromatic carbocycles. The van der Waals surface area contributed by atoms with Gasteiger partial charge in [-0.3, -0.25) is 9.59 Å². The van der Waals surface area contributed by atoms with Crippen LogP contribution in [0.5, 0.6) is 11.5 Å². The van der Waals surface area contributed by atoms with Crippen molar-refractivity contribution in [1.29, 1.82) is 0 Å². The Bertz CT molecular complexity index is 611. The van der Waals surface area contributed by atoms with E-state index in [4.69, 9.17) is 9.47 Å². The fourth-order valence-electron chi connectivity index (χ4n) is 2.05. The minimum atomic E-state index is -3.00. The van der Waals surface area contributed by atoms with E-state index in [2.05, 4.69) is 29.2 Å². The first kappa shape index (κ1) is 22.6. The van der Waals surface area contributed by atoms with Crippen molar-refractivity contribution in [2.75, 3.05) is 33.4 Å². The van der Waals surface area contributed by atoms with Gasteiger partial charge < -0.3 is 24.8 Å². The molecule has 152 valence electrons. The van der Waals surface area contributed by atoms with Gasteiger partial charge in [-0.15, -0.1) is 0 Å². The number of halogens is 2. The van der Waals surface area contributed by atoms with Crippen LogP contribution in [0.2, 0.25) is 0 Å². The Balaban J connectivity index is 2.38. The summed E-state index contributed by atoms with van der Waals surface area (Å²) < 4.78 is 39.2. The van der Waals surface area contributed by atoms with Gasteiger partial charge in [0.05, 0.1) is 13.7 Å². The molecule has 1 aromatic rings. The van der Waals surface area contributed by atoms with Gasteiger partial charge in [0.15, 0.2) is 11.5 Å². The van der Waals surface area contributed by atoms with Crippen molar-refractivity contribution >= 4 is 11.8 Å². The maximum absolute atomic E-state index is 12.3. The smallest absolute Gasteiger partial charge is 0.387 e.